The Balaban J connectivity index is 2.21. The van der Waals surface area contributed by atoms with E-state index in [2.05, 4.69) is 84.5 Å². The fourth-order valence-corrected chi connectivity index (χ4v) is 3.03. The lowest BCUT2D eigenvalue weighted by Gasteiger charge is -2.20. The molecule has 1 N–H and O–H groups in total. The predicted octanol–water partition coefficient (Wildman–Crippen LogP) is 4.43. The van der Waals surface area contributed by atoms with Gasteiger partial charge in [-0.15, -0.1) is 0 Å². The molecule has 0 radical (unpaired) electrons. The Morgan fingerprint density at radius 1 is 1.29 bits per heavy atom. The Morgan fingerprint density at radius 2 is 2.05 bits per heavy atom. The van der Waals surface area contributed by atoms with Gasteiger partial charge in [0.05, 0.1) is 5.69 Å². The first kappa shape index (κ1) is 16.2. The molecule has 0 aliphatic rings. The number of hydrogen-bond donors (Lipinski definition) is 1. The average Bonchev–Trinajstić information content (AvgIpc) is 2.87. The number of nitrogens with zero attached hydrogens (tertiary/aromatic N) is 2. The van der Waals surface area contributed by atoms with E-state index >= 15 is 0 Å². The van der Waals surface area contributed by atoms with Gasteiger partial charge in [-0.05, 0) is 56.6 Å². The summed E-state index contributed by atoms with van der Waals surface area (Å²) in [6.07, 6.45) is 2.98. The first-order valence-corrected chi connectivity index (χ1v) is 8.34. The second-order valence-corrected chi connectivity index (χ2v) is 6.61. The number of rotatable bonds is 6. The minimum Gasteiger partial charge on any atom is -0.310 e. The zero-order chi connectivity index (χ0) is 15.4. The Morgan fingerprint density at radius 3 is 2.62 bits per heavy atom. The molecule has 2 aromatic rings. The largest absolute Gasteiger partial charge is 0.310 e. The smallest absolute Gasteiger partial charge is 0.0643 e. The topological polar surface area (TPSA) is 29.9 Å². The van der Waals surface area contributed by atoms with E-state index in [1.165, 1.54) is 11.1 Å². The fourth-order valence-electron chi connectivity index (χ4n) is 2.55. The highest BCUT2D eigenvalue weighted by molar-refractivity contribution is 9.10. The molecule has 0 amide bonds. The van der Waals surface area contributed by atoms with Crippen LogP contribution >= 0.6 is 15.9 Å². The molecular weight excluding hydrogens is 326 g/mol. The number of hydrogen-bond acceptors (Lipinski definition) is 2. The van der Waals surface area contributed by atoms with E-state index in [4.69, 9.17) is 0 Å². The summed E-state index contributed by atoms with van der Waals surface area (Å²) in [6, 6.07) is 9.32. The maximum Gasteiger partial charge on any atom is 0.0643 e. The van der Waals surface area contributed by atoms with Crippen molar-refractivity contribution in [2.75, 3.05) is 6.54 Å². The van der Waals surface area contributed by atoms with E-state index in [0.717, 1.165) is 23.1 Å². The second kappa shape index (κ2) is 7.23. The van der Waals surface area contributed by atoms with Gasteiger partial charge in [0.15, 0.2) is 0 Å². The maximum atomic E-state index is 4.67. The van der Waals surface area contributed by atoms with Crippen molar-refractivity contribution in [3.63, 3.8) is 0 Å². The Kier molecular flexibility index (Phi) is 5.59. The molecule has 1 aromatic heterocycles. The van der Waals surface area contributed by atoms with Crippen molar-refractivity contribution in [1.29, 1.82) is 0 Å². The molecule has 3 nitrogen and oxygen atoms in total. The van der Waals surface area contributed by atoms with Crippen LogP contribution < -0.4 is 5.32 Å². The summed E-state index contributed by atoms with van der Waals surface area (Å²) >= 11 is 3.53. The Bertz CT molecular complexity index is 589. The molecule has 21 heavy (non-hydrogen) atoms. The van der Waals surface area contributed by atoms with Crippen molar-refractivity contribution < 1.29 is 0 Å². The molecule has 0 fully saturated rings. The molecular formula is C17H24BrN3. The fraction of sp³-hybridized carbons (Fsp3) is 0.471. The molecule has 0 saturated carbocycles. The van der Waals surface area contributed by atoms with Crippen LogP contribution in [0.3, 0.4) is 0 Å². The highest BCUT2D eigenvalue weighted by atomic mass is 79.9. The molecule has 0 aliphatic carbocycles. The average molecular weight is 350 g/mol. The van der Waals surface area contributed by atoms with Crippen molar-refractivity contribution in [2.45, 2.75) is 46.2 Å². The van der Waals surface area contributed by atoms with Gasteiger partial charge < -0.3 is 5.32 Å². The van der Waals surface area contributed by atoms with Gasteiger partial charge in [-0.2, -0.15) is 5.10 Å². The predicted molar refractivity (Wildman–Crippen MR) is 91.6 cm³/mol. The Hall–Kier alpha value is -1.13. The molecule has 4 heteroatoms. The van der Waals surface area contributed by atoms with Crippen LogP contribution in [0.4, 0.5) is 0 Å². The van der Waals surface area contributed by atoms with Crippen LogP contribution in [0.15, 0.2) is 34.9 Å². The monoisotopic (exact) mass is 349 g/mol. The highest BCUT2D eigenvalue weighted by Gasteiger charge is 2.15. The summed E-state index contributed by atoms with van der Waals surface area (Å²) in [5, 5.41) is 8.25. The molecule has 114 valence electrons. The van der Waals surface area contributed by atoms with Crippen LogP contribution in [-0.4, -0.2) is 16.3 Å². The lowest BCUT2D eigenvalue weighted by molar-refractivity contribution is 0.506. The minimum atomic E-state index is 0.304. The number of halogens is 1. The zero-order valence-corrected chi connectivity index (χ0v) is 14.8. The van der Waals surface area contributed by atoms with Crippen LogP contribution in [0.5, 0.6) is 0 Å². The van der Waals surface area contributed by atoms with E-state index in [0.29, 0.717) is 12.1 Å². The van der Waals surface area contributed by atoms with E-state index in [1.54, 1.807) is 0 Å². The molecule has 0 bridgehead atoms. The normalized spacial score (nSPS) is 12.9. The number of nitrogens with one attached hydrogen (secondary N) is 1. The van der Waals surface area contributed by atoms with Crippen molar-refractivity contribution in [2.24, 2.45) is 0 Å². The lowest BCUT2D eigenvalue weighted by Crippen LogP contribution is -2.24. The van der Waals surface area contributed by atoms with Crippen LogP contribution in [0.1, 0.15) is 49.7 Å². The number of benzene rings is 1. The summed E-state index contributed by atoms with van der Waals surface area (Å²) in [5.74, 6) is 0. The SMILES string of the molecule is CCNC(Cc1ccn(C(C)C)n1)c1ccc(Br)cc1C. The molecule has 1 atom stereocenters. The van der Waals surface area contributed by atoms with Crippen LogP contribution in [-0.2, 0) is 6.42 Å². The second-order valence-electron chi connectivity index (χ2n) is 5.70. The summed E-state index contributed by atoms with van der Waals surface area (Å²) in [4.78, 5) is 0. The van der Waals surface area contributed by atoms with Gasteiger partial charge in [-0.1, -0.05) is 28.9 Å². The molecule has 1 heterocycles. The van der Waals surface area contributed by atoms with Crippen LogP contribution in [0.2, 0.25) is 0 Å². The number of likely N-dealkylation sites (N-methyl/N-ethyl adjacent to an activating group) is 1. The number of aryl methyl sites for hydroxylation is 1. The Labute approximate surface area is 135 Å². The van der Waals surface area contributed by atoms with Gasteiger partial charge in [-0.3, -0.25) is 4.68 Å². The van der Waals surface area contributed by atoms with Gasteiger partial charge in [0.2, 0.25) is 0 Å². The van der Waals surface area contributed by atoms with Gasteiger partial charge >= 0.3 is 0 Å². The van der Waals surface area contributed by atoms with E-state index in [1.807, 2.05) is 4.68 Å². The molecule has 2 rings (SSSR count). The summed E-state index contributed by atoms with van der Waals surface area (Å²) < 4.78 is 3.15. The van der Waals surface area contributed by atoms with Gasteiger partial charge in [0.1, 0.15) is 0 Å². The molecule has 0 spiro atoms. The third-order valence-electron chi connectivity index (χ3n) is 3.66. The van der Waals surface area contributed by atoms with Crippen molar-refractivity contribution >= 4 is 15.9 Å². The van der Waals surface area contributed by atoms with Gasteiger partial charge in [0.25, 0.3) is 0 Å². The third-order valence-corrected chi connectivity index (χ3v) is 4.16. The first-order chi connectivity index (χ1) is 10.0. The quantitative estimate of drug-likeness (QED) is 0.835. The molecule has 1 unspecified atom stereocenters. The van der Waals surface area contributed by atoms with E-state index in [-0.39, 0.29) is 0 Å². The van der Waals surface area contributed by atoms with Crippen molar-refractivity contribution in [3.8, 4) is 0 Å². The maximum absolute atomic E-state index is 4.67. The van der Waals surface area contributed by atoms with Gasteiger partial charge in [0, 0.05) is 29.2 Å². The molecule has 1 aromatic carbocycles. The van der Waals surface area contributed by atoms with E-state index in [9.17, 15) is 0 Å². The van der Waals surface area contributed by atoms with Crippen molar-refractivity contribution in [1.82, 2.24) is 15.1 Å². The van der Waals surface area contributed by atoms with Crippen LogP contribution in [0.25, 0.3) is 0 Å². The van der Waals surface area contributed by atoms with Gasteiger partial charge in [-0.25, -0.2) is 0 Å². The highest BCUT2D eigenvalue weighted by Crippen LogP contribution is 2.24. The standard InChI is InChI=1S/C17H24BrN3/c1-5-19-17(16-7-6-14(18)10-13(16)4)11-15-8-9-21(20-15)12(2)3/h6-10,12,17,19H,5,11H2,1-4H3. The summed E-state index contributed by atoms with van der Waals surface area (Å²) in [5.41, 5.74) is 3.79. The third kappa shape index (κ3) is 4.17. The summed E-state index contributed by atoms with van der Waals surface area (Å²) in [7, 11) is 0. The molecule has 0 aliphatic heterocycles. The first-order valence-electron chi connectivity index (χ1n) is 7.54. The van der Waals surface area contributed by atoms with Crippen LogP contribution in [0, 0.1) is 6.92 Å². The van der Waals surface area contributed by atoms with E-state index < -0.39 is 0 Å². The van der Waals surface area contributed by atoms with Crippen molar-refractivity contribution in [3.05, 3.63) is 51.8 Å². The lowest BCUT2D eigenvalue weighted by atomic mass is 9.97. The zero-order valence-electron chi connectivity index (χ0n) is 13.2. The minimum absolute atomic E-state index is 0.304. The number of aromatic nitrogens is 2. The molecule has 0 saturated heterocycles. The summed E-state index contributed by atoms with van der Waals surface area (Å²) in [6.45, 7) is 9.56.